The van der Waals surface area contributed by atoms with Gasteiger partial charge in [0.1, 0.15) is 0 Å². The number of benzene rings is 1. The lowest BCUT2D eigenvalue weighted by Gasteiger charge is -2.13. The lowest BCUT2D eigenvalue weighted by molar-refractivity contribution is -0.286. The Labute approximate surface area is 119 Å². The maximum Gasteiger partial charge on any atom is 0.586 e. The van der Waals surface area contributed by atoms with Gasteiger partial charge < -0.3 is 9.47 Å². The zero-order chi connectivity index (χ0) is 14.4. The quantitative estimate of drug-likeness (QED) is 0.853. The number of hydrogen-bond donors (Lipinski definition) is 0. The number of ether oxygens (including phenoxy) is 2. The zero-order valence-electron chi connectivity index (χ0n) is 11.2. The van der Waals surface area contributed by atoms with Gasteiger partial charge >= 0.3 is 6.29 Å². The van der Waals surface area contributed by atoms with Crippen molar-refractivity contribution in [1.82, 2.24) is 15.0 Å². The molecule has 0 unspecified atom stereocenters. The molecule has 21 heavy (non-hydrogen) atoms. The topological polar surface area (TPSA) is 49.2 Å². The second-order valence-electron chi connectivity index (χ2n) is 5.26. The molecule has 1 aromatic heterocycles. The molecule has 4 rings (SSSR count). The number of fused-ring (bicyclic) bond motifs is 2. The van der Waals surface area contributed by atoms with Gasteiger partial charge in [0.05, 0.1) is 17.9 Å². The van der Waals surface area contributed by atoms with E-state index in [1.165, 1.54) is 6.07 Å². The molecule has 0 fully saturated rings. The molecule has 2 aromatic rings. The molecule has 1 aliphatic carbocycles. The van der Waals surface area contributed by atoms with Crippen molar-refractivity contribution in [3.05, 3.63) is 35.2 Å². The normalized spacial score (nSPS) is 18.6. The van der Waals surface area contributed by atoms with Crippen molar-refractivity contribution in [3.63, 3.8) is 0 Å². The van der Waals surface area contributed by atoms with Crippen LogP contribution >= 0.6 is 0 Å². The first-order chi connectivity index (χ1) is 10.1. The summed E-state index contributed by atoms with van der Waals surface area (Å²) in [4.78, 5) is 0. The minimum atomic E-state index is -3.60. The molecule has 0 radical (unpaired) electrons. The monoisotopic (exact) mass is 293 g/mol. The van der Waals surface area contributed by atoms with Crippen LogP contribution in [0, 0.1) is 0 Å². The summed E-state index contributed by atoms with van der Waals surface area (Å²) < 4.78 is 37.2. The van der Waals surface area contributed by atoms with Crippen LogP contribution in [0.1, 0.15) is 29.8 Å². The van der Waals surface area contributed by atoms with Crippen LogP contribution < -0.4 is 9.47 Å². The van der Waals surface area contributed by atoms with E-state index in [-0.39, 0.29) is 11.5 Å². The number of halogens is 2. The van der Waals surface area contributed by atoms with Crippen molar-refractivity contribution in [1.29, 1.82) is 0 Å². The number of aromatic nitrogens is 3. The molecule has 1 aromatic carbocycles. The average molecular weight is 293 g/mol. The van der Waals surface area contributed by atoms with E-state index in [4.69, 9.17) is 0 Å². The van der Waals surface area contributed by atoms with Crippen LogP contribution in [0.4, 0.5) is 8.78 Å². The van der Waals surface area contributed by atoms with Crippen LogP contribution in [0.2, 0.25) is 0 Å². The van der Waals surface area contributed by atoms with Gasteiger partial charge in [0.25, 0.3) is 0 Å². The summed E-state index contributed by atoms with van der Waals surface area (Å²) in [5.74, 6) is 0.147. The van der Waals surface area contributed by atoms with Crippen LogP contribution in [0.15, 0.2) is 18.2 Å². The standard InChI is InChI=1S/C14H13F2N3O2/c15-14(16)20-12-7-3-4-9(13(12)21-14)8-19-11-6-2-1-5-10(11)17-18-19/h3-4,7H,1-2,5-6,8H2. The Hall–Kier alpha value is -2.18. The summed E-state index contributed by atoms with van der Waals surface area (Å²) in [6.45, 7) is 0.352. The molecule has 0 saturated heterocycles. The smallest absolute Gasteiger partial charge is 0.395 e. The fourth-order valence-corrected chi connectivity index (χ4v) is 2.86. The van der Waals surface area contributed by atoms with Crippen LogP contribution in [0.3, 0.4) is 0 Å². The van der Waals surface area contributed by atoms with Crippen molar-refractivity contribution in [2.24, 2.45) is 0 Å². The Morgan fingerprint density at radius 3 is 2.95 bits per heavy atom. The van der Waals surface area contributed by atoms with E-state index in [0.717, 1.165) is 37.1 Å². The molecule has 0 spiro atoms. The van der Waals surface area contributed by atoms with Crippen molar-refractivity contribution in [2.45, 2.75) is 38.5 Å². The van der Waals surface area contributed by atoms with Crippen LogP contribution in [-0.4, -0.2) is 21.3 Å². The minimum Gasteiger partial charge on any atom is -0.395 e. The summed E-state index contributed by atoms with van der Waals surface area (Å²) in [5.41, 5.74) is 2.71. The van der Waals surface area contributed by atoms with Crippen LogP contribution in [0.25, 0.3) is 0 Å². The van der Waals surface area contributed by atoms with E-state index in [1.54, 1.807) is 16.8 Å². The molecule has 2 aliphatic rings. The molecule has 0 N–H and O–H groups in total. The molecule has 0 atom stereocenters. The number of rotatable bonds is 2. The highest BCUT2D eigenvalue weighted by Gasteiger charge is 2.44. The third-order valence-electron chi connectivity index (χ3n) is 3.83. The van der Waals surface area contributed by atoms with Crippen molar-refractivity contribution in [3.8, 4) is 11.5 Å². The van der Waals surface area contributed by atoms with Gasteiger partial charge in [-0.3, -0.25) is 0 Å². The molecule has 110 valence electrons. The average Bonchev–Trinajstić information content (AvgIpc) is 2.99. The van der Waals surface area contributed by atoms with E-state index in [0.29, 0.717) is 12.1 Å². The first-order valence-corrected chi connectivity index (χ1v) is 6.91. The Balaban J connectivity index is 1.68. The lowest BCUT2D eigenvalue weighted by atomic mass is 10.0. The summed E-state index contributed by atoms with van der Waals surface area (Å²) in [6.07, 6.45) is 0.478. The predicted octanol–water partition coefficient (Wildman–Crippen LogP) is 2.53. The summed E-state index contributed by atoms with van der Waals surface area (Å²) in [7, 11) is 0. The Bertz CT molecular complexity index is 700. The van der Waals surface area contributed by atoms with Gasteiger partial charge in [-0.25, -0.2) is 4.68 Å². The fraction of sp³-hybridized carbons (Fsp3) is 0.429. The van der Waals surface area contributed by atoms with Gasteiger partial charge in [-0.15, -0.1) is 13.9 Å². The predicted molar refractivity (Wildman–Crippen MR) is 68.4 cm³/mol. The first-order valence-electron chi connectivity index (χ1n) is 6.91. The summed E-state index contributed by atoms with van der Waals surface area (Å²) in [5, 5.41) is 8.31. The second kappa shape index (κ2) is 4.41. The van der Waals surface area contributed by atoms with Crippen LogP contribution in [-0.2, 0) is 19.4 Å². The number of para-hydroxylation sites is 1. The van der Waals surface area contributed by atoms with Gasteiger partial charge in [-0.1, -0.05) is 17.3 Å². The molecule has 0 saturated carbocycles. The molecule has 7 heteroatoms. The van der Waals surface area contributed by atoms with Gasteiger partial charge in [-0.2, -0.15) is 0 Å². The minimum absolute atomic E-state index is 0.0616. The van der Waals surface area contributed by atoms with Gasteiger partial charge in [0, 0.05) is 5.56 Å². The molecule has 1 aliphatic heterocycles. The number of nitrogens with zero attached hydrogens (tertiary/aromatic N) is 3. The molecule has 2 heterocycles. The highest BCUT2D eigenvalue weighted by atomic mass is 19.3. The van der Waals surface area contributed by atoms with E-state index in [1.807, 2.05) is 0 Å². The van der Waals surface area contributed by atoms with Gasteiger partial charge in [-0.05, 0) is 31.7 Å². The van der Waals surface area contributed by atoms with E-state index >= 15 is 0 Å². The third kappa shape index (κ3) is 2.12. The molecule has 5 nitrogen and oxygen atoms in total. The first kappa shape index (κ1) is 12.6. The van der Waals surface area contributed by atoms with Crippen LogP contribution in [0.5, 0.6) is 11.5 Å². The lowest BCUT2D eigenvalue weighted by Crippen LogP contribution is -2.26. The zero-order valence-corrected chi connectivity index (χ0v) is 11.2. The second-order valence-corrected chi connectivity index (χ2v) is 5.26. The number of hydrogen-bond acceptors (Lipinski definition) is 4. The fourth-order valence-electron chi connectivity index (χ4n) is 2.86. The molecular weight excluding hydrogens is 280 g/mol. The van der Waals surface area contributed by atoms with Crippen molar-refractivity contribution in [2.75, 3.05) is 0 Å². The van der Waals surface area contributed by atoms with E-state index < -0.39 is 6.29 Å². The number of alkyl halides is 2. The number of aryl methyl sites for hydroxylation is 1. The summed E-state index contributed by atoms with van der Waals surface area (Å²) in [6, 6.07) is 4.87. The Morgan fingerprint density at radius 2 is 2.05 bits per heavy atom. The van der Waals surface area contributed by atoms with E-state index in [2.05, 4.69) is 19.8 Å². The maximum absolute atomic E-state index is 13.2. The Kier molecular flexibility index (Phi) is 2.63. The maximum atomic E-state index is 13.2. The highest BCUT2D eigenvalue weighted by Crippen LogP contribution is 2.43. The molecular formula is C14H13F2N3O2. The van der Waals surface area contributed by atoms with Gasteiger partial charge in [0.2, 0.25) is 0 Å². The SMILES string of the molecule is FC1(F)Oc2cccc(Cn3nnc4c3CCCC4)c2O1. The largest absolute Gasteiger partial charge is 0.586 e. The van der Waals surface area contributed by atoms with Crippen molar-refractivity contribution < 1.29 is 18.3 Å². The molecule has 0 bridgehead atoms. The molecule has 0 amide bonds. The highest BCUT2D eigenvalue weighted by molar-refractivity contribution is 5.48. The Morgan fingerprint density at radius 1 is 1.19 bits per heavy atom. The van der Waals surface area contributed by atoms with E-state index in [9.17, 15) is 8.78 Å². The summed E-state index contributed by atoms with van der Waals surface area (Å²) >= 11 is 0. The van der Waals surface area contributed by atoms with Crippen molar-refractivity contribution >= 4 is 0 Å². The third-order valence-corrected chi connectivity index (χ3v) is 3.83. The van der Waals surface area contributed by atoms with Gasteiger partial charge in [0.15, 0.2) is 11.5 Å².